The molecule has 1 aromatic carbocycles. The fraction of sp³-hybridized carbons (Fsp3) is 0.400. The average Bonchev–Trinajstić information content (AvgIpc) is 2.87. The first-order valence-corrected chi connectivity index (χ1v) is 6.64. The minimum Gasteiger partial charge on any atom is -0.313 e. The van der Waals surface area contributed by atoms with Gasteiger partial charge in [0, 0.05) is 24.8 Å². The zero-order chi connectivity index (χ0) is 12.6. The SMILES string of the molecule is CCn1cc(CNCCCc2ccccc2)cn1. The summed E-state index contributed by atoms with van der Waals surface area (Å²) in [5, 5.41) is 7.71. The molecular formula is C15H21N3. The molecule has 0 atom stereocenters. The van der Waals surface area contributed by atoms with Gasteiger partial charge in [0.05, 0.1) is 6.20 Å². The van der Waals surface area contributed by atoms with Crippen molar-refractivity contribution in [2.75, 3.05) is 6.54 Å². The maximum atomic E-state index is 4.26. The molecule has 0 spiro atoms. The first kappa shape index (κ1) is 12.8. The quantitative estimate of drug-likeness (QED) is 0.758. The summed E-state index contributed by atoms with van der Waals surface area (Å²) in [6.45, 7) is 5.00. The van der Waals surface area contributed by atoms with Crippen molar-refractivity contribution in [1.82, 2.24) is 15.1 Å². The Hall–Kier alpha value is -1.61. The van der Waals surface area contributed by atoms with Crippen LogP contribution in [0.25, 0.3) is 0 Å². The zero-order valence-electron chi connectivity index (χ0n) is 11.0. The van der Waals surface area contributed by atoms with Crippen LogP contribution in [0, 0.1) is 0 Å². The van der Waals surface area contributed by atoms with E-state index < -0.39 is 0 Å². The molecule has 0 aliphatic rings. The van der Waals surface area contributed by atoms with E-state index in [9.17, 15) is 0 Å². The van der Waals surface area contributed by atoms with E-state index in [2.05, 4.69) is 53.9 Å². The van der Waals surface area contributed by atoms with Gasteiger partial charge < -0.3 is 5.32 Å². The lowest BCUT2D eigenvalue weighted by Gasteiger charge is -2.03. The van der Waals surface area contributed by atoms with E-state index in [0.717, 1.165) is 26.1 Å². The number of rotatable bonds is 7. The van der Waals surface area contributed by atoms with Crippen molar-refractivity contribution in [2.24, 2.45) is 0 Å². The summed E-state index contributed by atoms with van der Waals surface area (Å²) >= 11 is 0. The molecule has 0 saturated carbocycles. The largest absolute Gasteiger partial charge is 0.313 e. The molecular weight excluding hydrogens is 222 g/mol. The molecule has 0 bridgehead atoms. The molecule has 1 aromatic heterocycles. The molecule has 18 heavy (non-hydrogen) atoms. The van der Waals surface area contributed by atoms with E-state index in [4.69, 9.17) is 0 Å². The second kappa shape index (κ2) is 6.97. The Kier molecular flexibility index (Phi) is 4.97. The van der Waals surface area contributed by atoms with E-state index >= 15 is 0 Å². The van der Waals surface area contributed by atoms with Gasteiger partial charge in [0.2, 0.25) is 0 Å². The molecule has 0 amide bonds. The third kappa shape index (κ3) is 4.00. The molecule has 0 fully saturated rings. The fourth-order valence-corrected chi connectivity index (χ4v) is 1.97. The van der Waals surface area contributed by atoms with Crippen molar-refractivity contribution in [3.8, 4) is 0 Å². The second-order valence-corrected chi connectivity index (χ2v) is 4.47. The molecule has 0 radical (unpaired) electrons. The Morgan fingerprint density at radius 3 is 2.72 bits per heavy atom. The van der Waals surface area contributed by atoms with E-state index in [1.807, 2.05) is 10.9 Å². The van der Waals surface area contributed by atoms with Gasteiger partial charge in [0.25, 0.3) is 0 Å². The summed E-state index contributed by atoms with van der Waals surface area (Å²) in [6, 6.07) is 10.6. The van der Waals surface area contributed by atoms with Crippen molar-refractivity contribution in [3.63, 3.8) is 0 Å². The molecule has 0 saturated heterocycles. The van der Waals surface area contributed by atoms with Crippen molar-refractivity contribution in [2.45, 2.75) is 32.9 Å². The Morgan fingerprint density at radius 2 is 2.00 bits per heavy atom. The maximum absolute atomic E-state index is 4.26. The Balaban J connectivity index is 1.61. The molecule has 96 valence electrons. The third-order valence-electron chi connectivity index (χ3n) is 3.00. The van der Waals surface area contributed by atoms with Gasteiger partial charge in [-0.2, -0.15) is 5.10 Å². The fourth-order valence-electron chi connectivity index (χ4n) is 1.97. The minimum atomic E-state index is 0.911. The van der Waals surface area contributed by atoms with Gasteiger partial charge in [-0.15, -0.1) is 0 Å². The Labute approximate surface area is 109 Å². The lowest BCUT2D eigenvalue weighted by atomic mass is 10.1. The molecule has 0 aliphatic carbocycles. The normalized spacial score (nSPS) is 10.7. The maximum Gasteiger partial charge on any atom is 0.0534 e. The first-order valence-electron chi connectivity index (χ1n) is 6.64. The van der Waals surface area contributed by atoms with Gasteiger partial charge in [0.1, 0.15) is 0 Å². The molecule has 3 nitrogen and oxygen atoms in total. The van der Waals surface area contributed by atoms with E-state index in [-0.39, 0.29) is 0 Å². The van der Waals surface area contributed by atoms with Gasteiger partial charge in [-0.05, 0) is 31.9 Å². The number of aromatic nitrogens is 2. The molecule has 2 rings (SSSR count). The highest BCUT2D eigenvalue weighted by atomic mass is 15.3. The first-order chi connectivity index (χ1) is 8.88. The molecule has 1 N–H and O–H groups in total. The van der Waals surface area contributed by atoms with E-state index in [1.54, 1.807) is 0 Å². The van der Waals surface area contributed by atoms with Crippen molar-refractivity contribution in [3.05, 3.63) is 53.9 Å². The van der Waals surface area contributed by atoms with Crippen LogP contribution < -0.4 is 5.32 Å². The van der Waals surface area contributed by atoms with Crippen LogP contribution in [-0.4, -0.2) is 16.3 Å². The summed E-state index contributed by atoms with van der Waals surface area (Å²) in [6.07, 6.45) is 6.35. The second-order valence-electron chi connectivity index (χ2n) is 4.47. The molecule has 1 heterocycles. The highest BCUT2D eigenvalue weighted by molar-refractivity contribution is 5.14. The number of aryl methyl sites for hydroxylation is 2. The summed E-state index contributed by atoms with van der Waals surface area (Å²) in [5.41, 5.74) is 2.68. The van der Waals surface area contributed by atoms with Crippen LogP contribution in [0.1, 0.15) is 24.5 Å². The van der Waals surface area contributed by atoms with Crippen molar-refractivity contribution < 1.29 is 0 Å². The van der Waals surface area contributed by atoms with Crippen LogP contribution in [0.2, 0.25) is 0 Å². The molecule has 2 aromatic rings. The van der Waals surface area contributed by atoms with Gasteiger partial charge in [0.15, 0.2) is 0 Å². The van der Waals surface area contributed by atoms with Crippen LogP contribution in [0.5, 0.6) is 0 Å². The lowest BCUT2D eigenvalue weighted by Crippen LogP contribution is -2.14. The molecule has 3 heteroatoms. The smallest absolute Gasteiger partial charge is 0.0534 e. The number of nitrogens with zero attached hydrogens (tertiary/aromatic N) is 2. The predicted octanol–water partition coefficient (Wildman–Crippen LogP) is 2.63. The highest BCUT2D eigenvalue weighted by Crippen LogP contribution is 2.02. The summed E-state index contributed by atoms with van der Waals surface area (Å²) in [7, 11) is 0. The van der Waals surface area contributed by atoms with Crippen LogP contribution in [0.15, 0.2) is 42.7 Å². The van der Waals surface area contributed by atoms with E-state index in [1.165, 1.54) is 17.5 Å². The molecule has 0 aliphatic heterocycles. The van der Waals surface area contributed by atoms with Crippen LogP contribution in [0.3, 0.4) is 0 Å². The number of nitrogens with one attached hydrogen (secondary N) is 1. The number of hydrogen-bond donors (Lipinski definition) is 1. The minimum absolute atomic E-state index is 0.911. The van der Waals surface area contributed by atoms with Crippen LogP contribution >= 0.6 is 0 Å². The van der Waals surface area contributed by atoms with Gasteiger partial charge in [-0.25, -0.2) is 0 Å². The van der Waals surface area contributed by atoms with Crippen molar-refractivity contribution >= 4 is 0 Å². The summed E-state index contributed by atoms with van der Waals surface area (Å²) in [4.78, 5) is 0. The number of hydrogen-bond acceptors (Lipinski definition) is 2. The van der Waals surface area contributed by atoms with Crippen LogP contribution in [0.4, 0.5) is 0 Å². The number of benzene rings is 1. The monoisotopic (exact) mass is 243 g/mol. The van der Waals surface area contributed by atoms with Gasteiger partial charge in [-0.1, -0.05) is 30.3 Å². The Bertz CT molecular complexity index is 448. The van der Waals surface area contributed by atoms with Crippen molar-refractivity contribution in [1.29, 1.82) is 0 Å². The topological polar surface area (TPSA) is 29.9 Å². The summed E-state index contributed by atoms with van der Waals surface area (Å²) < 4.78 is 1.96. The lowest BCUT2D eigenvalue weighted by molar-refractivity contribution is 0.643. The highest BCUT2D eigenvalue weighted by Gasteiger charge is 1.97. The summed E-state index contributed by atoms with van der Waals surface area (Å²) in [5.74, 6) is 0. The third-order valence-corrected chi connectivity index (χ3v) is 3.00. The van der Waals surface area contributed by atoms with Gasteiger partial charge in [-0.3, -0.25) is 4.68 Å². The van der Waals surface area contributed by atoms with E-state index in [0.29, 0.717) is 0 Å². The predicted molar refractivity (Wildman–Crippen MR) is 74.4 cm³/mol. The molecule has 0 unspecified atom stereocenters. The zero-order valence-corrected chi connectivity index (χ0v) is 11.0. The Morgan fingerprint density at radius 1 is 1.17 bits per heavy atom. The van der Waals surface area contributed by atoms with Gasteiger partial charge >= 0.3 is 0 Å². The average molecular weight is 243 g/mol. The van der Waals surface area contributed by atoms with Crippen LogP contribution in [-0.2, 0) is 19.5 Å². The standard InChI is InChI=1S/C15H21N3/c1-2-18-13-15(12-17-18)11-16-10-6-9-14-7-4-3-5-8-14/h3-5,7-8,12-13,16H,2,6,9-11H2,1H3.